The van der Waals surface area contributed by atoms with Crippen LogP contribution in [0.5, 0.6) is 0 Å². The molecule has 44 valence electrons. The van der Waals surface area contributed by atoms with Crippen LogP contribution in [-0.2, 0) is 4.79 Å². The Morgan fingerprint density at radius 3 is 2.38 bits per heavy atom. The zero-order valence-corrected chi connectivity index (χ0v) is 4.72. The minimum absolute atomic E-state index is 0.306. The van der Waals surface area contributed by atoms with Crippen LogP contribution in [0.1, 0.15) is 6.92 Å². The van der Waals surface area contributed by atoms with Gasteiger partial charge in [-0.3, -0.25) is 0 Å². The molecule has 0 spiro atoms. The maximum atomic E-state index is 9.97. The molecule has 0 rings (SSSR count). The van der Waals surface area contributed by atoms with Crippen LogP contribution in [-0.4, -0.2) is 11.1 Å². The summed E-state index contributed by atoms with van der Waals surface area (Å²) < 4.78 is 0. The molecule has 0 saturated carbocycles. The first-order valence-corrected chi connectivity index (χ1v) is 2.21. The van der Waals surface area contributed by atoms with Gasteiger partial charge in [-0.15, -0.1) is 0 Å². The van der Waals surface area contributed by atoms with Crippen LogP contribution in [0.4, 0.5) is 0 Å². The first-order valence-electron chi connectivity index (χ1n) is 2.21. The van der Waals surface area contributed by atoms with Gasteiger partial charge in [0.25, 0.3) is 0 Å². The molecule has 2 nitrogen and oxygen atoms in total. The number of rotatable bonds is 2. The standard InChI is InChI=1S/C6H8O2/c1-3-4-5(2)6(7)8/h3-4H,1H2,2H3,(H,7,8)/b5-4+. The zero-order chi connectivity index (χ0) is 6.57. The van der Waals surface area contributed by atoms with Crippen molar-refractivity contribution in [2.45, 2.75) is 6.92 Å². The molecule has 0 aromatic rings. The molecule has 0 amide bonds. The van der Waals surface area contributed by atoms with Crippen LogP contribution < -0.4 is 0 Å². The van der Waals surface area contributed by atoms with E-state index in [1.54, 1.807) is 0 Å². The molecule has 8 heavy (non-hydrogen) atoms. The van der Waals surface area contributed by atoms with Crippen molar-refractivity contribution < 1.29 is 9.90 Å². The number of carbonyl (C=O) groups is 1. The van der Waals surface area contributed by atoms with Crippen molar-refractivity contribution in [1.82, 2.24) is 0 Å². The predicted octanol–water partition coefficient (Wildman–Crippen LogP) is 1.20. The minimum Gasteiger partial charge on any atom is -0.478 e. The predicted molar refractivity (Wildman–Crippen MR) is 31.6 cm³/mol. The molecular formula is C6H8O2. The van der Waals surface area contributed by atoms with E-state index in [1.165, 1.54) is 19.1 Å². The average Bonchev–Trinajstić information content (AvgIpc) is 1.67. The van der Waals surface area contributed by atoms with Gasteiger partial charge >= 0.3 is 5.97 Å². The molecule has 0 atom stereocenters. The summed E-state index contributed by atoms with van der Waals surface area (Å²) in [6, 6.07) is 0. The minimum atomic E-state index is -0.898. The number of carboxylic acid groups (broad SMARTS) is 1. The first kappa shape index (κ1) is 6.95. The molecule has 0 saturated heterocycles. The number of hydrogen-bond donors (Lipinski definition) is 1. The molecule has 2 heteroatoms. The lowest BCUT2D eigenvalue weighted by atomic mass is 10.3. The Kier molecular flexibility index (Phi) is 2.62. The monoisotopic (exact) mass is 112 g/mol. The van der Waals surface area contributed by atoms with Gasteiger partial charge in [-0.2, -0.15) is 0 Å². The maximum absolute atomic E-state index is 9.97. The van der Waals surface area contributed by atoms with E-state index in [9.17, 15) is 4.79 Å². The summed E-state index contributed by atoms with van der Waals surface area (Å²) in [7, 11) is 0. The van der Waals surface area contributed by atoms with Crippen molar-refractivity contribution in [3.8, 4) is 0 Å². The molecule has 0 fully saturated rings. The summed E-state index contributed by atoms with van der Waals surface area (Å²) >= 11 is 0. The first-order chi connectivity index (χ1) is 3.68. The molecule has 0 radical (unpaired) electrons. The largest absolute Gasteiger partial charge is 0.478 e. The van der Waals surface area contributed by atoms with Gasteiger partial charge in [0, 0.05) is 5.57 Å². The van der Waals surface area contributed by atoms with Crippen LogP contribution >= 0.6 is 0 Å². The molecule has 0 aromatic heterocycles. The molecule has 0 aromatic carbocycles. The van der Waals surface area contributed by atoms with E-state index in [1.807, 2.05) is 0 Å². The lowest BCUT2D eigenvalue weighted by Gasteiger charge is -1.84. The third kappa shape index (κ3) is 2.18. The van der Waals surface area contributed by atoms with E-state index >= 15 is 0 Å². The molecule has 0 heterocycles. The topological polar surface area (TPSA) is 37.3 Å². The third-order valence-corrected chi connectivity index (χ3v) is 0.705. The highest BCUT2D eigenvalue weighted by Gasteiger charge is 1.94. The Labute approximate surface area is 48.1 Å². The Morgan fingerprint density at radius 2 is 2.25 bits per heavy atom. The van der Waals surface area contributed by atoms with E-state index in [0.29, 0.717) is 5.57 Å². The van der Waals surface area contributed by atoms with E-state index in [-0.39, 0.29) is 0 Å². The highest BCUT2D eigenvalue weighted by molar-refractivity contribution is 5.86. The Bertz CT molecular complexity index is 133. The van der Waals surface area contributed by atoms with Crippen molar-refractivity contribution in [3.05, 3.63) is 24.3 Å². The van der Waals surface area contributed by atoms with Gasteiger partial charge in [0.15, 0.2) is 0 Å². The maximum Gasteiger partial charge on any atom is 0.331 e. The fourth-order valence-electron chi connectivity index (χ4n) is 0.248. The van der Waals surface area contributed by atoms with Crippen molar-refractivity contribution in [3.63, 3.8) is 0 Å². The van der Waals surface area contributed by atoms with Gasteiger partial charge in [-0.25, -0.2) is 4.79 Å². The fourth-order valence-corrected chi connectivity index (χ4v) is 0.248. The fraction of sp³-hybridized carbons (Fsp3) is 0.167. The number of allylic oxidation sites excluding steroid dienone is 2. The van der Waals surface area contributed by atoms with Gasteiger partial charge in [-0.05, 0) is 6.92 Å². The van der Waals surface area contributed by atoms with E-state index in [4.69, 9.17) is 5.11 Å². The highest BCUT2D eigenvalue weighted by atomic mass is 16.4. The van der Waals surface area contributed by atoms with Crippen LogP contribution in [0.3, 0.4) is 0 Å². The molecule has 0 bridgehead atoms. The molecule has 0 aliphatic rings. The molecule has 0 aliphatic heterocycles. The van der Waals surface area contributed by atoms with E-state index < -0.39 is 5.97 Å². The number of hydrogen-bond acceptors (Lipinski definition) is 1. The van der Waals surface area contributed by atoms with Gasteiger partial charge in [-0.1, -0.05) is 18.7 Å². The molecule has 1 N–H and O–H groups in total. The molecule has 0 unspecified atom stereocenters. The SMILES string of the molecule is C=C/C=C(\C)C(=O)O. The van der Waals surface area contributed by atoms with Gasteiger partial charge in [0.05, 0.1) is 0 Å². The average molecular weight is 112 g/mol. The summed E-state index contributed by atoms with van der Waals surface area (Å²) in [6.07, 6.45) is 2.89. The number of aliphatic carboxylic acids is 1. The Balaban J connectivity index is 3.99. The van der Waals surface area contributed by atoms with Gasteiger partial charge < -0.3 is 5.11 Å². The van der Waals surface area contributed by atoms with Gasteiger partial charge in [0.2, 0.25) is 0 Å². The quantitative estimate of drug-likeness (QED) is 0.430. The van der Waals surface area contributed by atoms with Crippen molar-refractivity contribution >= 4 is 5.97 Å². The highest BCUT2D eigenvalue weighted by Crippen LogP contribution is 1.89. The van der Waals surface area contributed by atoms with Crippen LogP contribution in [0.25, 0.3) is 0 Å². The van der Waals surface area contributed by atoms with Crippen LogP contribution in [0, 0.1) is 0 Å². The van der Waals surface area contributed by atoms with Gasteiger partial charge in [0.1, 0.15) is 0 Å². The summed E-state index contributed by atoms with van der Waals surface area (Å²) in [6.45, 7) is 4.86. The Hall–Kier alpha value is -1.05. The van der Waals surface area contributed by atoms with E-state index in [0.717, 1.165) is 0 Å². The smallest absolute Gasteiger partial charge is 0.331 e. The number of carboxylic acids is 1. The third-order valence-electron chi connectivity index (χ3n) is 0.705. The van der Waals surface area contributed by atoms with Crippen molar-refractivity contribution in [2.75, 3.05) is 0 Å². The zero-order valence-electron chi connectivity index (χ0n) is 4.72. The van der Waals surface area contributed by atoms with Crippen LogP contribution in [0.15, 0.2) is 24.3 Å². The summed E-state index contributed by atoms with van der Waals surface area (Å²) in [5.41, 5.74) is 0.306. The Morgan fingerprint density at radius 1 is 1.75 bits per heavy atom. The summed E-state index contributed by atoms with van der Waals surface area (Å²) in [4.78, 5) is 9.97. The normalized spacial score (nSPS) is 10.9. The van der Waals surface area contributed by atoms with E-state index in [2.05, 4.69) is 6.58 Å². The second-order valence-corrected chi connectivity index (χ2v) is 1.39. The second-order valence-electron chi connectivity index (χ2n) is 1.39. The lowest BCUT2D eigenvalue weighted by molar-refractivity contribution is -0.132. The molecule has 0 aliphatic carbocycles. The second kappa shape index (κ2) is 3.02. The van der Waals surface area contributed by atoms with Crippen molar-refractivity contribution in [1.29, 1.82) is 0 Å². The van der Waals surface area contributed by atoms with Crippen molar-refractivity contribution in [2.24, 2.45) is 0 Å². The summed E-state index contributed by atoms with van der Waals surface area (Å²) in [5.74, 6) is -0.898. The lowest BCUT2D eigenvalue weighted by Crippen LogP contribution is -1.94. The molecular weight excluding hydrogens is 104 g/mol. The van der Waals surface area contributed by atoms with Crippen LogP contribution in [0.2, 0.25) is 0 Å². The summed E-state index contributed by atoms with van der Waals surface area (Å²) in [5, 5.41) is 8.20.